The third-order valence-corrected chi connectivity index (χ3v) is 3.09. The molecule has 1 aliphatic rings. The maximum Gasteiger partial charge on any atom is 0.318 e. The van der Waals surface area contributed by atoms with E-state index in [0.717, 1.165) is 12.1 Å². The molecule has 0 spiro atoms. The van der Waals surface area contributed by atoms with Crippen LogP contribution in [0.2, 0.25) is 0 Å². The topological polar surface area (TPSA) is 114 Å². The maximum atomic E-state index is 11.1. The van der Waals surface area contributed by atoms with Gasteiger partial charge in [0.1, 0.15) is 19.0 Å². The second-order valence-electron chi connectivity index (χ2n) is 4.57. The fourth-order valence-corrected chi connectivity index (χ4v) is 2.06. The normalized spacial score (nSPS) is 12.5. The number of ether oxygens (including phenoxy) is 3. The Morgan fingerprint density at radius 2 is 1.65 bits per heavy atom. The van der Waals surface area contributed by atoms with Gasteiger partial charge in [-0.2, -0.15) is 0 Å². The summed E-state index contributed by atoms with van der Waals surface area (Å²) in [4.78, 5) is 20.4. The summed E-state index contributed by atoms with van der Waals surface area (Å²) in [6.07, 6.45) is 0. The van der Waals surface area contributed by atoms with Crippen molar-refractivity contribution in [3.8, 4) is 23.0 Å². The predicted octanol–water partition coefficient (Wildman–Crippen LogP) is 3.07. The molecule has 0 saturated heterocycles. The fraction of sp³-hybridized carbons (Fsp3) is 0.143. The number of benzene rings is 2. The number of nitro groups is 2. The van der Waals surface area contributed by atoms with E-state index in [2.05, 4.69) is 0 Å². The minimum absolute atomic E-state index is 0.0997. The third-order valence-electron chi connectivity index (χ3n) is 3.09. The van der Waals surface area contributed by atoms with E-state index >= 15 is 0 Å². The Morgan fingerprint density at radius 3 is 2.35 bits per heavy atom. The molecule has 0 aromatic heterocycles. The second-order valence-corrected chi connectivity index (χ2v) is 4.57. The molecule has 3 rings (SSSR count). The van der Waals surface area contributed by atoms with Crippen molar-refractivity contribution in [3.63, 3.8) is 0 Å². The van der Waals surface area contributed by atoms with Crippen LogP contribution in [0.1, 0.15) is 0 Å². The van der Waals surface area contributed by atoms with Gasteiger partial charge in [0.25, 0.3) is 5.69 Å². The van der Waals surface area contributed by atoms with Crippen LogP contribution in [0, 0.1) is 20.2 Å². The first-order chi connectivity index (χ1) is 11.0. The van der Waals surface area contributed by atoms with E-state index in [9.17, 15) is 20.2 Å². The van der Waals surface area contributed by atoms with E-state index in [1.165, 1.54) is 6.07 Å². The molecule has 0 saturated carbocycles. The standard InChI is InChI=1S/C14H10N2O7/c17-15(18)9-1-3-12(11(7-9)16(19)20)23-10-2-4-13-14(8-10)22-6-5-21-13/h1-4,7-8H,5-6H2. The molecule has 2 aromatic rings. The predicted molar refractivity (Wildman–Crippen MR) is 77.3 cm³/mol. The van der Waals surface area contributed by atoms with Gasteiger partial charge in [0.2, 0.25) is 5.75 Å². The molecule has 0 bridgehead atoms. The lowest BCUT2D eigenvalue weighted by atomic mass is 10.2. The van der Waals surface area contributed by atoms with Crippen molar-refractivity contribution in [2.75, 3.05) is 13.2 Å². The molecule has 9 nitrogen and oxygen atoms in total. The molecule has 2 aromatic carbocycles. The number of hydrogen-bond donors (Lipinski definition) is 0. The van der Waals surface area contributed by atoms with Crippen LogP contribution >= 0.6 is 0 Å². The van der Waals surface area contributed by atoms with Crippen LogP contribution in [0.5, 0.6) is 23.0 Å². The van der Waals surface area contributed by atoms with Gasteiger partial charge in [0.05, 0.1) is 15.9 Å². The highest BCUT2D eigenvalue weighted by Gasteiger charge is 2.22. The van der Waals surface area contributed by atoms with E-state index in [1.54, 1.807) is 18.2 Å². The Bertz CT molecular complexity index is 791. The smallest absolute Gasteiger partial charge is 0.318 e. The summed E-state index contributed by atoms with van der Waals surface area (Å²) in [5.41, 5.74) is -0.875. The Hall–Kier alpha value is -3.36. The Kier molecular flexibility index (Phi) is 3.67. The van der Waals surface area contributed by atoms with Gasteiger partial charge in [-0.3, -0.25) is 20.2 Å². The molecule has 0 unspecified atom stereocenters. The average Bonchev–Trinajstić information content (AvgIpc) is 2.54. The highest BCUT2D eigenvalue weighted by atomic mass is 16.6. The molecule has 1 aliphatic heterocycles. The van der Waals surface area contributed by atoms with Crippen LogP contribution in [-0.2, 0) is 0 Å². The van der Waals surface area contributed by atoms with Crippen molar-refractivity contribution in [2.45, 2.75) is 0 Å². The van der Waals surface area contributed by atoms with Crippen molar-refractivity contribution < 1.29 is 24.1 Å². The lowest BCUT2D eigenvalue weighted by Gasteiger charge is -2.18. The zero-order valence-corrected chi connectivity index (χ0v) is 11.6. The van der Waals surface area contributed by atoms with Gasteiger partial charge >= 0.3 is 5.69 Å². The number of nitrogens with zero attached hydrogens (tertiary/aromatic N) is 2. The summed E-state index contributed by atoms with van der Waals surface area (Å²) in [6, 6.07) is 7.92. The van der Waals surface area contributed by atoms with E-state index < -0.39 is 15.5 Å². The quantitative estimate of drug-likeness (QED) is 0.628. The summed E-state index contributed by atoms with van der Waals surface area (Å²) in [7, 11) is 0. The average molecular weight is 318 g/mol. The molecule has 23 heavy (non-hydrogen) atoms. The minimum atomic E-state index is -0.736. The van der Waals surface area contributed by atoms with Gasteiger partial charge in [-0.25, -0.2) is 0 Å². The Morgan fingerprint density at radius 1 is 0.913 bits per heavy atom. The molecule has 0 aliphatic carbocycles. The van der Waals surface area contributed by atoms with Gasteiger partial charge in [-0.15, -0.1) is 0 Å². The Balaban J connectivity index is 1.93. The molecule has 0 amide bonds. The van der Waals surface area contributed by atoms with Gasteiger partial charge < -0.3 is 14.2 Å². The first kappa shape index (κ1) is 14.6. The fourth-order valence-electron chi connectivity index (χ4n) is 2.06. The number of rotatable bonds is 4. The molecule has 0 N–H and O–H groups in total. The van der Waals surface area contributed by atoms with Crippen LogP contribution in [-0.4, -0.2) is 23.1 Å². The van der Waals surface area contributed by atoms with Crippen molar-refractivity contribution in [1.82, 2.24) is 0 Å². The molecule has 0 radical (unpaired) electrons. The molecule has 1 heterocycles. The summed E-state index contributed by atoms with van der Waals surface area (Å²) in [5.74, 6) is 1.23. The third kappa shape index (κ3) is 2.98. The van der Waals surface area contributed by atoms with Crippen molar-refractivity contribution in [3.05, 3.63) is 56.6 Å². The van der Waals surface area contributed by atoms with E-state index in [-0.39, 0.29) is 11.4 Å². The molecule has 9 heteroatoms. The van der Waals surface area contributed by atoms with Crippen molar-refractivity contribution in [1.29, 1.82) is 0 Å². The van der Waals surface area contributed by atoms with Crippen LogP contribution in [0.25, 0.3) is 0 Å². The zero-order chi connectivity index (χ0) is 16.4. The van der Waals surface area contributed by atoms with E-state index in [0.29, 0.717) is 30.5 Å². The van der Waals surface area contributed by atoms with Crippen molar-refractivity contribution in [2.24, 2.45) is 0 Å². The number of hydrogen-bond acceptors (Lipinski definition) is 7. The molecule has 0 atom stereocenters. The van der Waals surface area contributed by atoms with Gasteiger partial charge in [0.15, 0.2) is 11.5 Å². The monoisotopic (exact) mass is 318 g/mol. The second kappa shape index (κ2) is 5.79. The number of fused-ring (bicyclic) bond motifs is 1. The van der Waals surface area contributed by atoms with Crippen LogP contribution < -0.4 is 14.2 Å². The highest BCUT2D eigenvalue weighted by molar-refractivity contribution is 5.56. The molecular formula is C14H10N2O7. The number of non-ortho nitro benzene ring substituents is 1. The summed E-state index contributed by atoms with van der Waals surface area (Å²) in [6.45, 7) is 0.842. The molecular weight excluding hydrogens is 308 g/mol. The Labute approximate surface area is 129 Å². The lowest BCUT2D eigenvalue weighted by Crippen LogP contribution is -2.15. The van der Waals surface area contributed by atoms with E-state index in [1.807, 2.05) is 0 Å². The van der Waals surface area contributed by atoms with Gasteiger partial charge in [-0.05, 0) is 18.2 Å². The first-order valence-corrected chi connectivity index (χ1v) is 6.55. The first-order valence-electron chi connectivity index (χ1n) is 6.55. The van der Waals surface area contributed by atoms with Gasteiger partial charge in [-0.1, -0.05) is 0 Å². The van der Waals surface area contributed by atoms with Crippen LogP contribution in [0.3, 0.4) is 0 Å². The SMILES string of the molecule is O=[N+]([O-])c1ccc(Oc2ccc3c(c2)OCCO3)c([N+](=O)[O-])c1. The highest BCUT2D eigenvalue weighted by Crippen LogP contribution is 2.38. The molecule has 0 fully saturated rings. The lowest BCUT2D eigenvalue weighted by molar-refractivity contribution is -0.394. The maximum absolute atomic E-state index is 11.1. The van der Waals surface area contributed by atoms with Gasteiger partial charge in [0, 0.05) is 12.1 Å². The summed E-state index contributed by atoms with van der Waals surface area (Å²) < 4.78 is 16.2. The minimum Gasteiger partial charge on any atom is -0.486 e. The molecule has 118 valence electrons. The zero-order valence-electron chi connectivity index (χ0n) is 11.6. The van der Waals surface area contributed by atoms with Crippen LogP contribution in [0.4, 0.5) is 11.4 Å². The van der Waals surface area contributed by atoms with E-state index in [4.69, 9.17) is 14.2 Å². The summed E-state index contributed by atoms with van der Waals surface area (Å²) in [5, 5.41) is 21.8. The number of nitro benzene ring substituents is 2. The van der Waals surface area contributed by atoms with Crippen LogP contribution in [0.15, 0.2) is 36.4 Å². The summed E-state index contributed by atoms with van der Waals surface area (Å²) >= 11 is 0. The largest absolute Gasteiger partial charge is 0.486 e. The van der Waals surface area contributed by atoms with Crippen molar-refractivity contribution >= 4 is 11.4 Å².